The van der Waals surface area contributed by atoms with Gasteiger partial charge in [0.15, 0.2) is 0 Å². The highest BCUT2D eigenvalue weighted by atomic mass is 16.2. The van der Waals surface area contributed by atoms with Gasteiger partial charge in [0.05, 0.1) is 6.04 Å². The third-order valence-electron chi connectivity index (χ3n) is 3.50. The van der Waals surface area contributed by atoms with Gasteiger partial charge in [0.1, 0.15) is 0 Å². The van der Waals surface area contributed by atoms with Crippen LogP contribution in [0.4, 0.5) is 5.69 Å². The monoisotopic (exact) mass is 232 g/mol. The van der Waals surface area contributed by atoms with Gasteiger partial charge in [-0.1, -0.05) is 37.5 Å². The van der Waals surface area contributed by atoms with Crippen molar-refractivity contribution in [3.05, 3.63) is 30.3 Å². The van der Waals surface area contributed by atoms with Gasteiger partial charge in [0.25, 0.3) is 0 Å². The van der Waals surface area contributed by atoms with E-state index >= 15 is 0 Å². The van der Waals surface area contributed by atoms with E-state index in [1.807, 2.05) is 30.3 Å². The van der Waals surface area contributed by atoms with Crippen LogP contribution in [0.3, 0.4) is 0 Å². The molecule has 0 radical (unpaired) electrons. The number of amides is 1. The second kappa shape index (κ2) is 5.82. The number of nitrogens with one attached hydrogen (secondary N) is 1. The van der Waals surface area contributed by atoms with Crippen molar-refractivity contribution in [2.75, 3.05) is 5.32 Å². The Morgan fingerprint density at radius 3 is 2.47 bits per heavy atom. The molecule has 0 heterocycles. The van der Waals surface area contributed by atoms with Crippen molar-refractivity contribution in [1.29, 1.82) is 0 Å². The molecular formula is C14H20N2O. The zero-order valence-corrected chi connectivity index (χ0v) is 10.1. The highest BCUT2D eigenvalue weighted by Crippen LogP contribution is 2.26. The van der Waals surface area contributed by atoms with Crippen LogP contribution in [0.5, 0.6) is 0 Å². The first-order valence-electron chi connectivity index (χ1n) is 6.39. The molecule has 1 saturated carbocycles. The molecule has 0 spiro atoms. The van der Waals surface area contributed by atoms with Crippen LogP contribution in [-0.2, 0) is 4.79 Å². The summed E-state index contributed by atoms with van der Waals surface area (Å²) in [4.78, 5) is 12.0. The first kappa shape index (κ1) is 12.1. The fourth-order valence-electron chi connectivity index (χ4n) is 2.45. The van der Waals surface area contributed by atoms with E-state index in [2.05, 4.69) is 5.32 Å². The molecule has 0 bridgehead atoms. The number of nitrogens with two attached hydrogens (primary N) is 1. The van der Waals surface area contributed by atoms with Crippen LogP contribution in [0.25, 0.3) is 0 Å². The van der Waals surface area contributed by atoms with Gasteiger partial charge in [-0.15, -0.1) is 0 Å². The minimum atomic E-state index is -0.365. The summed E-state index contributed by atoms with van der Waals surface area (Å²) in [6.45, 7) is 0. The summed E-state index contributed by atoms with van der Waals surface area (Å²) < 4.78 is 0. The molecule has 3 heteroatoms. The molecule has 0 aromatic heterocycles. The van der Waals surface area contributed by atoms with Crippen LogP contribution in [0, 0.1) is 5.92 Å². The Morgan fingerprint density at radius 1 is 1.18 bits per heavy atom. The van der Waals surface area contributed by atoms with Crippen molar-refractivity contribution >= 4 is 11.6 Å². The van der Waals surface area contributed by atoms with Gasteiger partial charge < -0.3 is 11.1 Å². The van der Waals surface area contributed by atoms with Gasteiger partial charge in [0, 0.05) is 5.69 Å². The number of carbonyl (C=O) groups excluding carboxylic acids is 1. The second-order valence-electron chi connectivity index (χ2n) is 4.78. The Bertz CT molecular complexity index is 358. The maximum Gasteiger partial charge on any atom is 0.241 e. The average Bonchev–Trinajstić information content (AvgIpc) is 2.40. The lowest BCUT2D eigenvalue weighted by Crippen LogP contribution is -2.42. The maximum atomic E-state index is 12.0. The first-order valence-corrected chi connectivity index (χ1v) is 6.39. The fourth-order valence-corrected chi connectivity index (χ4v) is 2.45. The van der Waals surface area contributed by atoms with Crippen LogP contribution in [-0.4, -0.2) is 11.9 Å². The largest absolute Gasteiger partial charge is 0.325 e. The van der Waals surface area contributed by atoms with Crippen LogP contribution < -0.4 is 11.1 Å². The molecule has 1 aliphatic carbocycles. The van der Waals surface area contributed by atoms with E-state index in [4.69, 9.17) is 5.73 Å². The van der Waals surface area contributed by atoms with E-state index in [0.29, 0.717) is 5.92 Å². The molecule has 1 aromatic rings. The molecule has 0 aliphatic heterocycles. The predicted octanol–water partition coefficient (Wildman–Crippen LogP) is 2.53. The van der Waals surface area contributed by atoms with E-state index in [-0.39, 0.29) is 11.9 Å². The summed E-state index contributed by atoms with van der Waals surface area (Å²) in [6.07, 6.45) is 5.87. The minimum Gasteiger partial charge on any atom is -0.325 e. The summed E-state index contributed by atoms with van der Waals surface area (Å²) in [6, 6.07) is 9.13. The summed E-state index contributed by atoms with van der Waals surface area (Å²) in [5.41, 5.74) is 6.85. The van der Waals surface area contributed by atoms with Crippen molar-refractivity contribution < 1.29 is 4.79 Å². The van der Waals surface area contributed by atoms with Crippen molar-refractivity contribution in [2.24, 2.45) is 11.7 Å². The molecule has 1 atom stereocenters. The van der Waals surface area contributed by atoms with Gasteiger partial charge in [-0.3, -0.25) is 4.79 Å². The second-order valence-corrected chi connectivity index (χ2v) is 4.78. The fraction of sp³-hybridized carbons (Fsp3) is 0.500. The zero-order valence-electron chi connectivity index (χ0n) is 10.1. The molecule has 17 heavy (non-hydrogen) atoms. The van der Waals surface area contributed by atoms with Gasteiger partial charge in [-0.25, -0.2) is 0 Å². The van der Waals surface area contributed by atoms with Crippen LogP contribution in [0.15, 0.2) is 30.3 Å². The number of rotatable bonds is 3. The molecule has 1 aliphatic rings. The lowest BCUT2D eigenvalue weighted by atomic mass is 9.84. The van der Waals surface area contributed by atoms with Gasteiger partial charge in [0.2, 0.25) is 5.91 Å². The summed E-state index contributed by atoms with van der Waals surface area (Å²) in [5.74, 6) is 0.301. The van der Waals surface area contributed by atoms with E-state index in [0.717, 1.165) is 18.5 Å². The topological polar surface area (TPSA) is 55.1 Å². The van der Waals surface area contributed by atoms with Crippen LogP contribution >= 0.6 is 0 Å². The normalized spacial score (nSPS) is 18.6. The van der Waals surface area contributed by atoms with Gasteiger partial charge in [-0.2, -0.15) is 0 Å². The van der Waals surface area contributed by atoms with Crippen molar-refractivity contribution in [3.8, 4) is 0 Å². The average molecular weight is 232 g/mol. The van der Waals surface area contributed by atoms with Crippen molar-refractivity contribution in [1.82, 2.24) is 0 Å². The van der Waals surface area contributed by atoms with E-state index in [1.54, 1.807) is 0 Å². The van der Waals surface area contributed by atoms with E-state index in [9.17, 15) is 4.79 Å². The van der Waals surface area contributed by atoms with Gasteiger partial charge >= 0.3 is 0 Å². The quantitative estimate of drug-likeness (QED) is 0.841. The Labute approximate surface area is 102 Å². The highest BCUT2D eigenvalue weighted by Gasteiger charge is 2.25. The molecular weight excluding hydrogens is 212 g/mol. The smallest absolute Gasteiger partial charge is 0.241 e. The third kappa shape index (κ3) is 3.30. The molecule has 3 nitrogen and oxygen atoms in total. The number of hydrogen-bond acceptors (Lipinski definition) is 2. The molecule has 1 amide bonds. The number of hydrogen-bond donors (Lipinski definition) is 2. The number of carbonyl (C=O) groups is 1. The Morgan fingerprint density at radius 2 is 1.82 bits per heavy atom. The molecule has 2 rings (SSSR count). The lowest BCUT2D eigenvalue weighted by Gasteiger charge is -2.26. The standard InChI is InChI=1S/C14H20N2O/c15-13(11-7-3-1-4-8-11)14(17)16-12-9-5-2-6-10-12/h2,5-6,9-11,13H,1,3-4,7-8,15H2,(H,16,17). The number of anilines is 1. The first-order chi connectivity index (χ1) is 8.27. The SMILES string of the molecule is NC(C(=O)Nc1ccccc1)C1CCCCC1. The number of benzene rings is 1. The molecule has 3 N–H and O–H groups in total. The van der Waals surface area contributed by atoms with Crippen LogP contribution in [0.1, 0.15) is 32.1 Å². The van der Waals surface area contributed by atoms with Crippen molar-refractivity contribution in [3.63, 3.8) is 0 Å². The zero-order chi connectivity index (χ0) is 12.1. The van der Waals surface area contributed by atoms with E-state index in [1.165, 1.54) is 19.3 Å². The van der Waals surface area contributed by atoms with E-state index < -0.39 is 0 Å². The molecule has 1 aromatic carbocycles. The maximum absolute atomic E-state index is 12.0. The Balaban J connectivity index is 1.90. The summed E-state index contributed by atoms with van der Waals surface area (Å²) >= 11 is 0. The number of para-hydroxylation sites is 1. The lowest BCUT2D eigenvalue weighted by molar-refractivity contribution is -0.118. The van der Waals surface area contributed by atoms with Crippen molar-refractivity contribution in [2.45, 2.75) is 38.1 Å². The minimum absolute atomic E-state index is 0.0527. The Kier molecular flexibility index (Phi) is 4.15. The summed E-state index contributed by atoms with van der Waals surface area (Å²) in [5, 5.41) is 2.88. The molecule has 1 fully saturated rings. The predicted molar refractivity (Wildman–Crippen MR) is 69.6 cm³/mol. The van der Waals surface area contributed by atoms with Gasteiger partial charge in [-0.05, 0) is 30.9 Å². The highest BCUT2D eigenvalue weighted by molar-refractivity contribution is 5.94. The third-order valence-corrected chi connectivity index (χ3v) is 3.50. The van der Waals surface area contributed by atoms with Crippen LogP contribution in [0.2, 0.25) is 0 Å². The molecule has 0 saturated heterocycles. The summed E-state index contributed by atoms with van der Waals surface area (Å²) in [7, 11) is 0. The molecule has 92 valence electrons. The Hall–Kier alpha value is -1.35. The molecule has 1 unspecified atom stereocenters.